The lowest BCUT2D eigenvalue weighted by Gasteiger charge is -2.08. The summed E-state index contributed by atoms with van der Waals surface area (Å²) < 4.78 is 10.7. The predicted octanol–water partition coefficient (Wildman–Crippen LogP) is 7.57. The van der Waals surface area contributed by atoms with E-state index in [4.69, 9.17) is 9.47 Å². The normalized spacial score (nSPS) is 10.5. The zero-order valence-corrected chi connectivity index (χ0v) is 33.5. The second-order valence-corrected chi connectivity index (χ2v) is 14.0. The second-order valence-electron chi connectivity index (χ2n) is 14.0. The van der Waals surface area contributed by atoms with E-state index >= 15 is 0 Å². The van der Waals surface area contributed by atoms with Gasteiger partial charge < -0.3 is 30.7 Å². The Morgan fingerprint density at radius 2 is 0.533 bits per heavy atom. The first-order chi connectivity index (χ1) is 29.3. The van der Waals surface area contributed by atoms with Crippen LogP contribution in [0.1, 0.15) is 114 Å². The molecule has 0 saturated heterocycles. The zero-order valence-electron chi connectivity index (χ0n) is 33.5. The van der Waals surface area contributed by atoms with Gasteiger partial charge in [0.05, 0.1) is 11.1 Å². The summed E-state index contributed by atoms with van der Waals surface area (Å²) in [5.41, 5.74) is 2.58. The van der Waals surface area contributed by atoms with Gasteiger partial charge in [0.15, 0.2) is 0 Å². The molecule has 4 N–H and O–H groups in total. The van der Waals surface area contributed by atoms with Gasteiger partial charge in [0, 0.05) is 48.4 Å². The minimum atomic E-state index is -0.491. The van der Waals surface area contributed by atoms with Gasteiger partial charge in [0.2, 0.25) is 0 Å². The number of unbranched alkanes of at least 4 members (excludes halogenated alkanes) is 6. The Kier molecular flexibility index (Phi) is 17.6. The Labute approximate surface area is 350 Å². The first kappa shape index (κ1) is 44.0. The van der Waals surface area contributed by atoms with Crippen LogP contribution in [0.15, 0.2) is 133 Å². The van der Waals surface area contributed by atoms with Crippen molar-refractivity contribution in [3.8, 4) is 11.5 Å². The Balaban J connectivity index is 0.850. The molecular formula is C48H50N4O8. The second kappa shape index (κ2) is 24.0. The van der Waals surface area contributed by atoms with Crippen LogP contribution in [0.4, 0.5) is 0 Å². The van der Waals surface area contributed by atoms with Crippen LogP contribution in [-0.2, 0) is 0 Å². The fraction of sp³-hybridized carbons (Fsp3) is 0.250. The van der Waals surface area contributed by atoms with E-state index in [9.17, 15) is 28.8 Å². The molecule has 5 rings (SSSR count). The minimum absolute atomic E-state index is 0.205. The first-order valence-electron chi connectivity index (χ1n) is 20.2. The van der Waals surface area contributed by atoms with Crippen molar-refractivity contribution in [3.63, 3.8) is 0 Å². The number of carbonyl (C=O) groups is 6. The van der Waals surface area contributed by atoms with Crippen LogP contribution in [0.5, 0.6) is 11.5 Å². The van der Waals surface area contributed by atoms with Crippen molar-refractivity contribution >= 4 is 35.6 Å². The molecule has 0 heterocycles. The van der Waals surface area contributed by atoms with Crippen LogP contribution in [0.2, 0.25) is 0 Å². The topological polar surface area (TPSA) is 169 Å². The number of benzene rings is 5. The Morgan fingerprint density at radius 3 is 0.783 bits per heavy atom. The molecule has 12 heteroatoms. The van der Waals surface area contributed by atoms with Gasteiger partial charge >= 0.3 is 11.9 Å². The van der Waals surface area contributed by atoms with Crippen LogP contribution in [0.3, 0.4) is 0 Å². The van der Waals surface area contributed by atoms with Gasteiger partial charge in [-0.1, -0.05) is 62.1 Å². The van der Waals surface area contributed by atoms with Crippen LogP contribution in [0, 0.1) is 0 Å². The third-order valence-corrected chi connectivity index (χ3v) is 9.43. The molecule has 0 aliphatic carbocycles. The Hall–Kier alpha value is -7.08. The standard InChI is InChI=1S/C48H50N4O8/c53-43(49-31-11-1-3-13-33-51-45(55)37-23-27-39(28-24-37)47(57)59-41-15-7-5-8-16-41)35-19-21-36(22-20-35)44(54)50-32-12-2-4-14-34-52-46(56)38-25-29-40(30-26-38)48(58)60-42-17-9-6-10-18-42/h5-10,15-30H,1-4,11-14,31-34H2,(H,49,53)(H,50,54)(H,51,55)(H,52,56). The van der Waals surface area contributed by atoms with Crippen molar-refractivity contribution in [1.82, 2.24) is 21.3 Å². The number of nitrogens with one attached hydrogen (secondary N) is 4. The number of hydrogen-bond donors (Lipinski definition) is 4. The highest BCUT2D eigenvalue weighted by atomic mass is 16.5. The van der Waals surface area contributed by atoms with Crippen molar-refractivity contribution in [2.45, 2.75) is 51.4 Å². The third kappa shape index (κ3) is 14.7. The summed E-state index contributed by atoms with van der Waals surface area (Å²) in [6.45, 7) is 2.06. The van der Waals surface area contributed by atoms with E-state index in [0.29, 0.717) is 71.1 Å². The van der Waals surface area contributed by atoms with E-state index in [1.807, 2.05) is 12.1 Å². The fourth-order valence-corrected chi connectivity index (χ4v) is 6.02. The minimum Gasteiger partial charge on any atom is -0.423 e. The van der Waals surface area contributed by atoms with Crippen LogP contribution in [0.25, 0.3) is 0 Å². The molecule has 5 aromatic carbocycles. The molecule has 310 valence electrons. The summed E-state index contributed by atoms with van der Waals surface area (Å²) in [6.07, 6.45) is 6.71. The highest BCUT2D eigenvalue weighted by molar-refractivity contribution is 5.99. The van der Waals surface area contributed by atoms with E-state index in [1.165, 1.54) is 0 Å². The van der Waals surface area contributed by atoms with Gasteiger partial charge in [0.1, 0.15) is 11.5 Å². The molecule has 0 saturated carbocycles. The fourth-order valence-electron chi connectivity index (χ4n) is 6.02. The largest absolute Gasteiger partial charge is 0.423 e. The van der Waals surface area contributed by atoms with E-state index in [0.717, 1.165) is 51.4 Å². The number of para-hydroxylation sites is 2. The lowest BCUT2D eigenvalue weighted by molar-refractivity contribution is 0.0725. The van der Waals surface area contributed by atoms with Crippen molar-refractivity contribution in [1.29, 1.82) is 0 Å². The molecule has 0 bridgehead atoms. The molecule has 4 amide bonds. The first-order valence-corrected chi connectivity index (χ1v) is 20.2. The molecule has 0 aromatic heterocycles. The summed E-state index contributed by atoms with van der Waals surface area (Å²) in [6, 6.07) is 36.8. The van der Waals surface area contributed by atoms with Gasteiger partial charge in [-0.05, 0) is 123 Å². The number of rotatable bonds is 22. The number of carbonyl (C=O) groups excluding carboxylic acids is 6. The lowest BCUT2D eigenvalue weighted by Crippen LogP contribution is -2.26. The lowest BCUT2D eigenvalue weighted by atomic mass is 10.1. The van der Waals surface area contributed by atoms with Crippen molar-refractivity contribution in [2.24, 2.45) is 0 Å². The smallest absolute Gasteiger partial charge is 0.343 e. The molecule has 0 spiro atoms. The van der Waals surface area contributed by atoms with Gasteiger partial charge in [0.25, 0.3) is 23.6 Å². The van der Waals surface area contributed by atoms with Crippen molar-refractivity contribution in [3.05, 3.63) is 167 Å². The molecule has 0 aliphatic heterocycles. The van der Waals surface area contributed by atoms with E-state index in [2.05, 4.69) is 21.3 Å². The molecule has 0 unspecified atom stereocenters. The van der Waals surface area contributed by atoms with E-state index in [-0.39, 0.29) is 23.6 Å². The summed E-state index contributed by atoms with van der Waals surface area (Å²) in [5.74, 6) is -0.917. The highest BCUT2D eigenvalue weighted by Gasteiger charge is 2.13. The summed E-state index contributed by atoms with van der Waals surface area (Å²) in [4.78, 5) is 74.8. The molecular weight excluding hydrogens is 761 g/mol. The number of esters is 2. The van der Waals surface area contributed by atoms with Crippen LogP contribution in [-0.4, -0.2) is 61.7 Å². The highest BCUT2D eigenvalue weighted by Crippen LogP contribution is 2.15. The third-order valence-electron chi connectivity index (χ3n) is 9.43. The number of ether oxygens (including phenoxy) is 2. The van der Waals surface area contributed by atoms with Crippen molar-refractivity contribution < 1.29 is 38.2 Å². The maximum atomic E-state index is 12.6. The molecule has 60 heavy (non-hydrogen) atoms. The van der Waals surface area contributed by atoms with E-state index < -0.39 is 11.9 Å². The SMILES string of the molecule is O=C(NCCCCCCNC(=O)c1ccc(C(=O)Oc2ccccc2)cc1)c1ccc(C(=O)NCCCCCCNC(=O)c2ccc(C(=O)Oc3ccccc3)cc2)cc1. The molecule has 0 fully saturated rings. The monoisotopic (exact) mass is 810 g/mol. The average Bonchev–Trinajstić information content (AvgIpc) is 3.28. The summed E-state index contributed by atoms with van der Waals surface area (Å²) in [7, 11) is 0. The van der Waals surface area contributed by atoms with E-state index in [1.54, 1.807) is 121 Å². The molecule has 0 aliphatic rings. The molecule has 0 radical (unpaired) electrons. The number of hydrogen-bond acceptors (Lipinski definition) is 8. The van der Waals surface area contributed by atoms with Gasteiger partial charge in [-0.2, -0.15) is 0 Å². The summed E-state index contributed by atoms with van der Waals surface area (Å²) in [5, 5.41) is 11.6. The number of amides is 4. The van der Waals surface area contributed by atoms with Crippen LogP contribution < -0.4 is 30.7 Å². The maximum absolute atomic E-state index is 12.6. The molecule has 5 aromatic rings. The van der Waals surface area contributed by atoms with Crippen LogP contribution >= 0.6 is 0 Å². The average molecular weight is 811 g/mol. The van der Waals surface area contributed by atoms with Gasteiger partial charge in [-0.25, -0.2) is 9.59 Å². The Morgan fingerprint density at radius 1 is 0.300 bits per heavy atom. The van der Waals surface area contributed by atoms with Crippen molar-refractivity contribution in [2.75, 3.05) is 26.2 Å². The van der Waals surface area contributed by atoms with Gasteiger partial charge in [-0.15, -0.1) is 0 Å². The molecule has 12 nitrogen and oxygen atoms in total. The quantitative estimate of drug-likeness (QED) is 0.0315. The maximum Gasteiger partial charge on any atom is 0.343 e. The molecule has 0 atom stereocenters. The Bertz CT molecular complexity index is 2000. The predicted molar refractivity (Wildman–Crippen MR) is 228 cm³/mol. The zero-order chi connectivity index (χ0) is 42.4. The summed E-state index contributed by atoms with van der Waals surface area (Å²) >= 11 is 0. The van der Waals surface area contributed by atoms with Gasteiger partial charge in [-0.3, -0.25) is 19.2 Å².